The molecule has 22 heavy (non-hydrogen) atoms. The summed E-state index contributed by atoms with van der Waals surface area (Å²) < 4.78 is 31.1. The zero-order valence-corrected chi connectivity index (χ0v) is 13.2. The molecule has 0 amide bonds. The lowest BCUT2D eigenvalue weighted by molar-refractivity contribution is 0.171. The van der Waals surface area contributed by atoms with Crippen LogP contribution in [0.3, 0.4) is 0 Å². The normalized spacial score (nSPS) is 27.5. The fraction of sp³-hybridized carbons (Fsp3) is 0.294. The zero-order chi connectivity index (χ0) is 15.8. The molecule has 0 aromatic heterocycles. The van der Waals surface area contributed by atoms with Gasteiger partial charge in [-0.1, -0.05) is 48.5 Å². The largest absolute Gasteiger partial charge is 0.383 e. The van der Waals surface area contributed by atoms with E-state index in [-0.39, 0.29) is 12.5 Å². The number of hydrogen-bond donors (Lipinski definition) is 1. The summed E-state index contributed by atoms with van der Waals surface area (Å²) >= 11 is 0. The van der Waals surface area contributed by atoms with E-state index in [0.717, 1.165) is 5.56 Å². The molecular weight excluding hydrogens is 298 g/mol. The molecular formula is C17H19NO3S. The molecule has 0 bridgehead atoms. The number of ether oxygens (including phenoxy) is 1. The van der Waals surface area contributed by atoms with Gasteiger partial charge in [-0.05, 0) is 17.7 Å². The average Bonchev–Trinajstić information content (AvgIpc) is 3.16. The van der Waals surface area contributed by atoms with Crippen LogP contribution in [0.2, 0.25) is 0 Å². The highest BCUT2D eigenvalue weighted by Gasteiger charge is 2.69. The fourth-order valence-corrected chi connectivity index (χ4v) is 5.53. The molecule has 0 saturated heterocycles. The Morgan fingerprint density at radius 1 is 1.05 bits per heavy atom. The van der Waals surface area contributed by atoms with Crippen LogP contribution in [-0.4, -0.2) is 32.9 Å². The van der Waals surface area contributed by atoms with Gasteiger partial charge in [0.15, 0.2) is 9.84 Å². The van der Waals surface area contributed by atoms with Crippen LogP contribution in [-0.2, 0) is 14.6 Å². The van der Waals surface area contributed by atoms with E-state index in [4.69, 9.17) is 10.5 Å². The van der Waals surface area contributed by atoms with Crippen molar-refractivity contribution in [1.29, 1.82) is 0 Å². The molecule has 2 aromatic rings. The fourth-order valence-electron chi connectivity index (χ4n) is 3.22. The molecule has 2 aromatic carbocycles. The van der Waals surface area contributed by atoms with Crippen molar-refractivity contribution >= 4 is 9.84 Å². The van der Waals surface area contributed by atoms with Gasteiger partial charge < -0.3 is 10.5 Å². The lowest BCUT2D eigenvalue weighted by atomic mass is 10.1. The third kappa shape index (κ3) is 2.35. The zero-order valence-electron chi connectivity index (χ0n) is 12.3. The minimum atomic E-state index is -3.50. The Bertz CT molecular complexity index is 746. The Hall–Kier alpha value is -1.69. The number of rotatable bonds is 5. The molecule has 5 heteroatoms. The first-order valence-electron chi connectivity index (χ1n) is 7.13. The van der Waals surface area contributed by atoms with E-state index in [9.17, 15) is 8.42 Å². The highest BCUT2D eigenvalue weighted by Crippen LogP contribution is 2.55. The molecule has 2 N–H and O–H groups in total. The van der Waals surface area contributed by atoms with Gasteiger partial charge in [0.2, 0.25) is 0 Å². The summed E-state index contributed by atoms with van der Waals surface area (Å²) in [6, 6.07) is 18.0. The highest BCUT2D eigenvalue weighted by atomic mass is 32.2. The molecule has 3 atom stereocenters. The third-order valence-electron chi connectivity index (χ3n) is 4.26. The van der Waals surface area contributed by atoms with Crippen LogP contribution < -0.4 is 5.73 Å². The summed E-state index contributed by atoms with van der Waals surface area (Å²) in [4.78, 5) is 0.310. The minimum absolute atomic E-state index is 0.212. The molecule has 1 fully saturated rings. The highest BCUT2D eigenvalue weighted by molar-refractivity contribution is 7.92. The Morgan fingerprint density at radius 3 is 2.14 bits per heavy atom. The van der Waals surface area contributed by atoms with Gasteiger partial charge in [0, 0.05) is 13.0 Å². The predicted molar refractivity (Wildman–Crippen MR) is 85.4 cm³/mol. The molecule has 0 radical (unpaired) electrons. The van der Waals surface area contributed by atoms with E-state index in [0.29, 0.717) is 4.90 Å². The number of hydrogen-bond acceptors (Lipinski definition) is 4. The standard InChI is InChI=1S/C17H19NO3S/c1-21-12-17(18)15(13-8-4-2-5-9-13)16(17)22(19,20)14-10-6-3-7-11-14/h2-11,15-16H,12,18H2,1H3/t15-,16+,17-/m1/s1. The van der Waals surface area contributed by atoms with Gasteiger partial charge in [0.05, 0.1) is 22.3 Å². The topological polar surface area (TPSA) is 69.4 Å². The van der Waals surface area contributed by atoms with Crippen molar-refractivity contribution in [3.05, 3.63) is 66.2 Å². The van der Waals surface area contributed by atoms with Crippen molar-refractivity contribution in [2.75, 3.05) is 13.7 Å². The monoisotopic (exact) mass is 317 g/mol. The van der Waals surface area contributed by atoms with E-state index < -0.39 is 20.6 Å². The van der Waals surface area contributed by atoms with Gasteiger partial charge in [-0.3, -0.25) is 0 Å². The molecule has 1 saturated carbocycles. The van der Waals surface area contributed by atoms with Gasteiger partial charge >= 0.3 is 0 Å². The Kier molecular flexibility index (Phi) is 3.80. The SMILES string of the molecule is COC[C@@]1(N)[C@H](c2ccccc2)[C@@H]1S(=O)(=O)c1ccccc1. The predicted octanol–water partition coefficient (Wildman–Crippen LogP) is 1.97. The molecule has 1 aliphatic carbocycles. The summed E-state index contributed by atoms with van der Waals surface area (Å²) in [5.74, 6) is -0.251. The summed E-state index contributed by atoms with van der Waals surface area (Å²) in [5, 5.41) is -0.662. The summed E-state index contributed by atoms with van der Waals surface area (Å²) in [6.45, 7) is 0.212. The second-order valence-electron chi connectivity index (χ2n) is 5.71. The van der Waals surface area contributed by atoms with Crippen LogP contribution in [0.5, 0.6) is 0 Å². The average molecular weight is 317 g/mol. The van der Waals surface area contributed by atoms with E-state index in [1.807, 2.05) is 30.3 Å². The van der Waals surface area contributed by atoms with Crippen LogP contribution in [0.1, 0.15) is 11.5 Å². The van der Waals surface area contributed by atoms with Crippen LogP contribution in [0.25, 0.3) is 0 Å². The maximum Gasteiger partial charge on any atom is 0.183 e. The van der Waals surface area contributed by atoms with E-state index in [1.165, 1.54) is 0 Å². The molecule has 116 valence electrons. The lowest BCUT2D eigenvalue weighted by Gasteiger charge is -2.11. The second kappa shape index (κ2) is 5.50. The molecule has 3 rings (SSSR count). The lowest BCUT2D eigenvalue weighted by Crippen LogP contribution is -2.35. The van der Waals surface area contributed by atoms with Gasteiger partial charge in [-0.25, -0.2) is 8.42 Å². The Morgan fingerprint density at radius 2 is 1.59 bits per heavy atom. The van der Waals surface area contributed by atoms with Gasteiger partial charge in [0.25, 0.3) is 0 Å². The summed E-state index contributed by atoms with van der Waals surface area (Å²) in [7, 11) is -1.96. The van der Waals surface area contributed by atoms with Crippen molar-refractivity contribution in [2.24, 2.45) is 5.73 Å². The smallest absolute Gasteiger partial charge is 0.183 e. The maximum absolute atomic E-state index is 12.9. The van der Waals surface area contributed by atoms with E-state index in [2.05, 4.69) is 0 Å². The van der Waals surface area contributed by atoms with Gasteiger partial charge in [-0.2, -0.15) is 0 Å². The first kappa shape index (κ1) is 15.2. The number of sulfone groups is 1. The summed E-state index contributed by atoms with van der Waals surface area (Å²) in [5.41, 5.74) is 6.45. The van der Waals surface area contributed by atoms with Crippen LogP contribution in [0.15, 0.2) is 65.6 Å². The van der Waals surface area contributed by atoms with Crippen molar-refractivity contribution in [3.8, 4) is 0 Å². The van der Waals surface area contributed by atoms with Crippen molar-refractivity contribution in [3.63, 3.8) is 0 Å². The Labute approximate surface area is 130 Å². The number of benzene rings is 2. The molecule has 4 nitrogen and oxygen atoms in total. The first-order valence-corrected chi connectivity index (χ1v) is 8.68. The number of nitrogens with two attached hydrogens (primary N) is 1. The quantitative estimate of drug-likeness (QED) is 0.915. The molecule has 1 aliphatic rings. The minimum Gasteiger partial charge on any atom is -0.383 e. The maximum atomic E-state index is 12.9. The summed E-state index contributed by atoms with van der Waals surface area (Å²) in [6.07, 6.45) is 0. The van der Waals surface area contributed by atoms with Crippen LogP contribution >= 0.6 is 0 Å². The van der Waals surface area contributed by atoms with Gasteiger partial charge in [-0.15, -0.1) is 0 Å². The van der Waals surface area contributed by atoms with Crippen LogP contribution in [0, 0.1) is 0 Å². The van der Waals surface area contributed by atoms with Crippen molar-refractivity contribution in [2.45, 2.75) is 21.6 Å². The van der Waals surface area contributed by atoms with Crippen LogP contribution in [0.4, 0.5) is 0 Å². The third-order valence-corrected chi connectivity index (χ3v) is 6.57. The first-order chi connectivity index (χ1) is 10.5. The van der Waals surface area contributed by atoms with Gasteiger partial charge in [0.1, 0.15) is 0 Å². The Balaban J connectivity index is 2.02. The van der Waals surface area contributed by atoms with Crippen molar-refractivity contribution < 1.29 is 13.2 Å². The number of methoxy groups -OCH3 is 1. The molecule has 0 heterocycles. The molecule has 0 spiro atoms. The second-order valence-corrected chi connectivity index (χ2v) is 7.78. The molecule has 0 aliphatic heterocycles. The van der Waals surface area contributed by atoms with Crippen molar-refractivity contribution in [1.82, 2.24) is 0 Å². The molecule has 0 unspecified atom stereocenters. The van der Waals surface area contributed by atoms with E-state index in [1.54, 1.807) is 37.4 Å². The van der Waals surface area contributed by atoms with E-state index >= 15 is 0 Å².